The van der Waals surface area contributed by atoms with Crippen LogP contribution in [0.15, 0.2) is 24.3 Å². The van der Waals surface area contributed by atoms with Crippen LogP contribution in [0.4, 0.5) is 4.39 Å². The van der Waals surface area contributed by atoms with Crippen LogP contribution >= 0.6 is 11.3 Å². The fourth-order valence-electron chi connectivity index (χ4n) is 3.28. The van der Waals surface area contributed by atoms with Gasteiger partial charge < -0.3 is 10.1 Å². The highest BCUT2D eigenvalue weighted by Gasteiger charge is 2.24. The number of aromatic nitrogens is 1. The molecule has 5 nitrogen and oxygen atoms in total. The molecule has 1 fully saturated rings. The molecule has 7 heteroatoms. The Balaban J connectivity index is 1.58. The van der Waals surface area contributed by atoms with E-state index in [-0.39, 0.29) is 24.4 Å². The Bertz CT molecular complexity index is 819. The van der Waals surface area contributed by atoms with E-state index < -0.39 is 5.97 Å². The molecule has 0 saturated heterocycles. The standard InChI is InChI=1S/C20H23FN2O3S/c1-12-5-3-4-6-16(12)23-17(24)11-26-20(25)18-13(2)22-19(27-18)14-7-9-15(21)10-8-14/h7-10,12,16H,3-6,11H2,1-2H3,(H,23,24)/t12-,16+/m1/s1. The van der Waals surface area contributed by atoms with Crippen molar-refractivity contribution in [2.24, 2.45) is 5.92 Å². The van der Waals surface area contributed by atoms with E-state index in [9.17, 15) is 14.0 Å². The number of thiazole rings is 1. The summed E-state index contributed by atoms with van der Waals surface area (Å²) >= 11 is 1.17. The van der Waals surface area contributed by atoms with Gasteiger partial charge in [0.05, 0.1) is 5.69 Å². The first kappa shape index (κ1) is 19.5. The van der Waals surface area contributed by atoms with Gasteiger partial charge in [-0.1, -0.05) is 19.8 Å². The minimum atomic E-state index is -0.565. The first-order valence-electron chi connectivity index (χ1n) is 9.14. The first-order chi connectivity index (χ1) is 12.9. The lowest BCUT2D eigenvalue weighted by Crippen LogP contribution is -2.42. The van der Waals surface area contributed by atoms with Crippen LogP contribution in [0, 0.1) is 18.7 Å². The predicted molar refractivity (Wildman–Crippen MR) is 102 cm³/mol. The molecule has 1 aromatic heterocycles. The molecule has 0 spiro atoms. The normalized spacial score (nSPS) is 19.5. The number of halogens is 1. The van der Waals surface area contributed by atoms with Crippen LogP contribution in [0.25, 0.3) is 10.6 Å². The van der Waals surface area contributed by atoms with Gasteiger partial charge in [-0.3, -0.25) is 4.79 Å². The summed E-state index contributed by atoms with van der Waals surface area (Å²) < 4.78 is 18.2. The molecule has 0 bridgehead atoms. The summed E-state index contributed by atoms with van der Waals surface area (Å²) in [6.07, 6.45) is 4.39. The monoisotopic (exact) mass is 390 g/mol. The molecular formula is C20H23FN2O3S. The molecule has 2 aromatic rings. The number of hydrogen-bond acceptors (Lipinski definition) is 5. The van der Waals surface area contributed by atoms with Crippen LogP contribution in [-0.2, 0) is 9.53 Å². The third kappa shape index (κ3) is 4.91. The summed E-state index contributed by atoms with van der Waals surface area (Å²) in [6, 6.07) is 6.07. The van der Waals surface area contributed by atoms with Crippen LogP contribution in [0.5, 0.6) is 0 Å². The molecule has 2 atom stereocenters. The Hall–Kier alpha value is -2.28. The number of carbonyl (C=O) groups is 2. The van der Waals surface area contributed by atoms with Gasteiger partial charge in [0, 0.05) is 11.6 Å². The average molecular weight is 390 g/mol. The second kappa shape index (κ2) is 8.61. The number of nitrogens with one attached hydrogen (secondary N) is 1. The number of nitrogens with zero attached hydrogens (tertiary/aromatic N) is 1. The summed E-state index contributed by atoms with van der Waals surface area (Å²) in [7, 11) is 0. The molecule has 3 rings (SSSR count). The summed E-state index contributed by atoms with van der Waals surface area (Å²) in [4.78, 5) is 29.1. The lowest BCUT2D eigenvalue weighted by molar-refractivity contribution is -0.125. The largest absolute Gasteiger partial charge is 0.451 e. The molecule has 1 aliphatic rings. The van der Waals surface area contributed by atoms with Crippen LogP contribution in [0.2, 0.25) is 0 Å². The molecule has 144 valence electrons. The molecule has 1 amide bonds. The average Bonchev–Trinajstić information content (AvgIpc) is 3.04. The second-order valence-electron chi connectivity index (χ2n) is 6.95. The number of carbonyl (C=O) groups excluding carboxylic acids is 2. The zero-order valence-electron chi connectivity index (χ0n) is 15.5. The highest BCUT2D eigenvalue weighted by Crippen LogP contribution is 2.28. The van der Waals surface area contributed by atoms with E-state index in [0.29, 0.717) is 21.5 Å². The maximum Gasteiger partial charge on any atom is 0.350 e. The predicted octanol–water partition coefficient (Wildman–Crippen LogP) is 4.11. The molecule has 1 heterocycles. The minimum Gasteiger partial charge on any atom is -0.451 e. The van der Waals surface area contributed by atoms with Gasteiger partial charge >= 0.3 is 5.97 Å². The van der Waals surface area contributed by atoms with Crippen molar-refractivity contribution in [2.45, 2.75) is 45.6 Å². The first-order valence-corrected chi connectivity index (χ1v) is 9.95. The fraction of sp³-hybridized carbons (Fsp3) is 0.450. The van der Waals surface area contributed by atoms with Gasteiger partial charge in [-0.05, 0) is 49.9 Å². The van der Waals surface area contributed by atoms with Gasteiger partial charge in [0.2, 0.25) is 0 Å². The Labute approximate surface area is 162 Å². The third-order valence-electron chi connectivity index (χ3n) is 4.87. The Morgan fingerprint density at radius 2 is 1.96 bits per heavy atom. The molecule has 1 saturated carbocycles. The topological polar surface area (TPSA) is 68.3 Å². The van der Waals surface area contributed by atoms with Gasteiger partial charge in [-0.2, -0.15) is 0 Å². The molecular weight excluding hydrogens is 367 g/mol. The number of amides is 1. The van der Waals surface area contributed by atoms with Crippen LogP contribution < -0.4 is 5.32 Å². The quantitative estimate of drug-likeness (QED) is 0.780. The Morgan fingerprint density at radius 3 is 2.67 bits per heavy atom. The van der Waals surface area contributed by atoms with Crippen molar-refractivity contribution in [3.63, 3.8) is 0 Å². The number of aryl methyl sites for hydroxylation is 1. The lowest BCUT2D eigenvalue weighted by atomic mass is 9.86. The van der Waals surface area contributed by atoms with Crippen molar-refractivity contribution in [3.8, 4) is 10.6 Å². The lowest BCUT2D eigenvalue weighted by Gasteiger charge is -2.29. The molecule has 1 aromatic carbocycles. The molecule has 0 unspecified atom stereocenters. The van der Waals surface area contributed by atoms with Gasteiger partial charge in [0.1, 0.15) is 15.7 Å². The molecule has 0 radical (unpaired) electrons. The smallest absolute Gasteiger partial charge is 0.350 e. The van der Waals surface area contributed by atoms with Crippen LogP contribution in [-0.4, -0.2) is 29.5 Å². The van der Waals surface area contributed by atoms with E-state index in [1.54, 1.807) is 19.1 Å². The zero-order valence-corrected chi connectivity index (χ0v) is 16.3. The third-order valence-corrected chi connectivity index (χ3v) is 6.05. The van der Waals surface area contributed by atoms with Crippen molar-refractivity contribution in [1.29, 1.82) is 0 Å². The van der Waals surface area contributed by atoms with Gasteiger partial charge in [0.25, 0.3) is 5.91 Å². The van der Waals surface area contributed by atoms with Gasteiger partial charge in [-0.15, -0.1) is 11.3 Å². The van der Waals surface area contributed by atoms with Crippen LogP contribution in [0.1, 0.15) is 48.0 Å². The summed E-state index contributed by atoms with van der Waals surface area (Å²) in [5, 5.41) is 3.57. The van der Waals surface area contributed by atoms with E-state index in [2.05, 4.69) is 17.2 Å². The van der Waals surface area contributed by atoms with Crippen molar-refractivity contribution in [1.82, 2.24) is 10.3 Å². The van der Waals surface area contributed by atoms with E-state index in [1.165, 1.54) is 29.9 Å². The zero-order chi connectivity index (χ0) is 19.4. The molecule has 27 heavy (non-hydrogen) atoms. The number of ether oxygens (including phenoxy) is 1. The number of esters is 1. The molecule has 1 aliphatic carbocycles. The molecule has 1 N–H and O–H groups in total. The maximum absolute atomic E-state index is 13.1. The van der Waals surface area contributed by atoms with Crippen molar-refractivity contribution >= 4 is 23.2 Å². The van der Waals surface area contributed by atoms with Crippen molar-refractivity contribution < 1.29 is 18.7 Å². The van der Waals surface area contributed by atoms with Gasteiger partial charge in [-0.25, -0.2) is 14.2 Å². The van der Waals surface area contributed by atoms with E-state index in [0.717, 1.165) is 24.8 Å². The minimum absolute atomic E-state index is 0.153. The number of benzene rings is 1. The summed E-state index contributed by atoms with van der Waals surface area (Å²) in [5.41, 5.74) is 1.26. The summed E-state index contributed by atoms with van der Waals surface area (Å²) in [5.74, 6) is -0.724. The number of rotatable bonds is 5. The van der Waals surface area contributed by atoms with Crippen molar-refractivity contribution in [2.75, 3.05) is 6.61 Å². The highest BCUT2D eigenvalue weighted by atomic mass is 32.1. The maximum atomic E-state index is 13.1. The van der Waals surface area contributed by atoms with E-state index >= 15 is 0 Å². The van der Waals surface area contributed by atoms with E-state index in [1.807, 2.05) is 0 Å². The summed E-state index contributed by atoms with van der Waals surface area (Å²) in [6.45, 7) is 3.54. The van der Waals surface area contributed by atoms with Crippen LogP contribution in [0.3, 0.4) is 0 Å². The fourth-order valence-corrected chi connectivity index (χ4v) is 4.24. The second-order valence-corrected chi connectivity index (χ2v) is 7.95. The van der Waals surface area contributed by atoms with Gasteiger partial charge in [0.15, 0.2) is 6.61 Å². The number of hydrogen-bond donors (Lipinski definition) is 1. The Morgan fingerprint density at radius 1 is 1.26 bits per heavy atom. The Kier molecular flexibility index (Phi) is 6.21. The SMILES string of the molecule is Cc1nc(-c2ccc(F)cc2)sc1C(=O)OCC(=O)N[C@H]1CCCC[C@H]1C. The molecule has 0 aliphatic heterocycles. The van der Waals surface area contributed by atoms with Crippen molar-refractivity contribution in [3.05, 3.63) is 40.7 Å². The highest BCUT2D eigenvalue weighted by molar-refractivity contribution is 7.17. The van der Waals surface area contributed by atoms with E-state index in [4.69, 9.17) is 4.74 Å².